The van der Waals surface area contributed by atoms with Crippen molar-refractivity contribution in [2.45, 2.75) is 52.2 Å². The predicted octanol–water partition coefficient (Wildman–Crippen LogP) is 2.38. The Hall–Kier alpha value is -1.57. The summed E-state index contributed by atoms with van der Waals surface area (Å²) in [6, 6.07) is -0.954. The first-order chi connectivity index (χ1) is 10.3. The molecule has 0 spiro atoms. The summed E-state index contributed by atoms with van der Waals surface area (Å²) in [5.41, 5.74) is -0.693. The van der Waals surface area contributed by atoms with Gasteiger partial charge in [0, 0.05) is 6.42 Å². The number of hydrogen-bond donors (Lipinski definition) is 2. The Morgan fingerprint density at radius 3 is 2.30 bits per heavy atom. The fourth-order valence-corrected chi connectivity index (χ4v) is 2.39. The molecule has 0 saturated heterocycles. The van der Waals surface area contributed by atoms with E-state index in [9.17, 15) is 18.9 Å². The normalized spacial score (nSPS) is 14.1. The number of aliphatic hydroxyl groups excluding tert-OH is 1. The second kappa shape index (κ2) is 8.90. The molecule has 2 N–H and O–H groups in total. The van der Waals surface area contributed by atoms with Gasteiger partial charge in [-0.25, -0.2) is 9.59 Å². The van der Waals surface area contributed by atoms with Gasteiger partial charge in [-0.1, -0.05) is 0 Å². The lowest BCUT2D eigenvalue weighted by atomic mass is 10.1. The van der Waals surface area contributed by atoms with Crippen LogP contribution in [0.3, 0.4) is 0 Å². The van der Waals surface area contributed by atoms with Crippen LogP contribution >= 0.6 is 0 Å². The van der Waals surface area contributed by atoms with Crippen LogP contribution in [0.25, 0.3) is 0 Å². The van der Waals surface area contributed by atoms with Gasteiger partial charge >= 0.3 is 12.1 Å². The Kier molecular flexibility index (Phi) is 8.30. The van der Waals surface area contributed by atoms with Crippen molar-refractivity contribution in [3.8, 4) is 0 Å². The van der Waals surface area contributed by atoms with Crippen molar-refractivity contribution < 1.29 is 28.4 Å². The Morgan fingerprint density at radius 2 is 1.87 bits per heavy atom. The maximum absolute atomic E-state index is 11.9. The molecule has 8 heteroatoms. The Labute approximate surface area is 138 Å². The fourth-order valence-electron chi connectivity index (χ4n) is 1.62. The third kappa shape index (κ3) is 11.6. The molecular weight excluding hydrogens is 322 g/mol. The number of hydrogen-bond acceptors (Lipinski definition) is 6. The van der Waals surface area contributed by atoms with Crippen LogP contribution in [-0.2, 0) is 28.4 Å². The number of alkyl carbamates (subject to hydrolysis) is 1. The minimum Gasteiger partial charge on any atom is -0.508 e. The molecule has 0 aliphatic rings. The summed E-state index contributed by atoms with van der Waals surface area (Å²) in [7, 11) is -2.24. The molecule has 0 aromatic rings. The standard InChI is InChI=1S/C15H27NO6S/c1-7-21-13(18)12(16-14(19)22-15(2,3)4)9-8-11(17)10-23(5,6)20/h10,12H,7-9H2,1-6H3,(H-,16,17,19,20)/p+1/t12-/m1/s1. The highest BCUT2D eigenvalue weighted by Gasteiger charge is 2.26. The maximum atomic E-state index is 11.9. The predicted molar refractivity (Wildman–Crippen MR) is 89.6 cm³/mol. The molecule has 0 radical (unpaired) electrons. The number of carbonyl (C=O) groups is 2. The Balaban J connectivity index is 4.83. The molecule has 7 nitrogen and oxygen atoms in total. The van der Waals surface area contributed by atoms with Gasteiger partial charge in [-0.15, -0.1) is 4.21 Å². The Morgan fingerprint density at radius 1 is 1.30 bits per heavy atom. The zero-order valence-corrected chi connectivity index (χ0v) is 15.5. The molecule has 1 atom stereocenters. The molecule has 0 aliphatic heterocycles. The van der Waals surface area contributed by atoms with Crippen LogP contribution in [0.5, 0.6) is 0 Å². The zero-order chi connectivity index (χ0) is 18.3. The highest BCUT2D eigenvalue weighted by molar-refractivity contribution is 8.04. The summed E-state index contributed by atoms with van der Waals surface area (Å²) < 4.78 is 21.6. The highest BCUT2D eigenvalue weighted by Crippen LogP contribution is 2.12. The van der Waals surface area contributed by atoms with E-state index in [1.807, 2.05) is 0 Å². The van der Waals surface area contributed by atoms with Crippen molar-refractivity contribution >= 4 is 22.0 Å². The van der Waals surface area contributed by atoms with E-state index in [0.29, 0.717) is 0 Å². The van der Waals surface area contributed by atoms with Crippen molar-refractivity contribution in [3.63, 3.8) is 0 Å². The van der Waals surface area contributed by atoms with E-state index in [4.69, 9.17) is 9.47 Å². The number of carbonyl (C=O) groups excluding carboxylic acids is 2. The van der Waals surface area contributed by atoms with Crippen LogP contribution in [-0.4, -0.2) is 47.9 Å². The molecular formula is C15H28NO6S+. The average Bonchev–Trinajstić information content (AvgIpc) is 2.30. The quantitative estimate of drug-likeness (QED) is 0.415. The third-order valence-electron chi connectivity index (χ3n) is 2.37. The second-order valence-corrected chi connectivity index (χ2v) is 9.26. The molecule has 1 amide bonds. The highest BCUT2D eigenvalue weighted by atomic mass is 32.2. The van der Waals surface area contributed by atoms with Crippen molar-refractivity contribution in [1.82, 2.24) is 5.32 Å². The number of amides is 1. The van der Waals surface area contributed by atoms with Gasteiger partial charge in [0.2, 0.25) is 0 Å². The Bertz CT molecular complexity index is 489. The molecule has 0 fully saturated rings. The van der Waals surface area contributed by atoms with Gasteiger partial charge in [0.1, 0.15) is 39.8 Å². The molecule has 0 heterocycles. The van der Waals surface area contributed by atoms with Crippen LogP contribution < -0.4 is 5.32 Å². The monoisotopic (exact) mass is 350 g/mol. The number of rotatable bonds is 7. The number of aliphatic hydroxyl groups is 1. The summed E-state index contributed by atoms with van der Waals surface area (Å²) in [6.07, 6.45) is 2.43. The van der Waals surface area contributed by atoms with Crippen LogP contribution in [0.1, 0.15) is 40.5 Å². The van der Waals surface area contributed by atoms with E-state index in [1.165, 1.54) is 17.9 Å². The largest absolute Gasteiger partial charge is 0.508 e. The van der Waals surface area contributed by atoms with Crippen LogP contribution in [0.15, 0.2) is 11.2 Å². The smallest absolute Gasteiger partial charge is 0.408 e. The molecule has 0 aliphatic carbocycles. The molecule has 134 valence electrons. The molecule has 0 rings (SSSR count). The summed E-state index contributed by atoms with van der Waals surface area (Å²) in [5.74, 6) is -0.708. The molecule has 0 bridgehead atoms. The van der Waals surface area contributed by atoms with Gasteiger partial charge in [-0.2, -0.15) is 0 Å². The van der Waals surface area contributed by atoms with E-state index >= 15 is 0 Å². The second-order valence-electron chi connectivity index (χ2n) is 6.41. The van der Waals surface area contributed by atoms with Gasteiger partial charge in [0.25, 0.3) is 0 Å². The van der Waals surface area contributed by atoms with E-state index in [1.54, 1.807) is 27.7 Å². The van der Waals surface area contributed by atoms with E-state index in [-0.39, 0.29) is 25.2 Å². The first-order valence-corrected chi connectivity index (χ1v) is 9.77. The van der Waals surface area contributed by atoms with Crippen LogP contribution in [0.4, 0.5) is 4.79 Å². The molecule has 0 unspecified atom stereocenters. The number of nitrogens with one attached hydrogen (secondary N) is 1. The third-order valence-corrected chi connectivity index (χ3v) is 3.21. The van der Waals surface area contributed by atoms with Gasteiger partial charge in [0.05, 0.1) is 6.61 Å². The van der Waals surface area contributed by atoms with Crippen molar-refractivity contribution in [2.75, 3.05) is 19.1 Å². The van der Waals surface area contributed by atoms with E-state index in [0.717, 1.165) is 0 Å². The number of allylic oxidation sites excluding steroid dienone is 1. The molecule has 23 heavy (non-hydrogen) atoms. The minimum atomic E-state index is -2.24. The maximum Gasteiger partial charge on any atom is 0.408 e. The van der Waals surface area contributed by atoms with Gasteiger partial charge in [0.15, 0.2) is 5.41 Å². The van der Waals surface area contributed by atoms with Crippen molar-refractivity contribution in [2.24, 2.45) is 0 Å². The van der Waals surface area contributed by atoms with Gasteiger partial charge in [-0.3, -0.25) is 0 Å². The topological polar surface area (TPSA) is 102 Å². The lowest BCUT2D eigenvalue weighted by Crippen LogP contribution is -2.44. The number of ether oxygens (including phenoxy) is 2. The lowest BCUT2D eigenvalue weighted by Gasteiger charge is -2.22. The van der Waals surface area contributed by atoms with Gasteiger partial charge in [-0.05, 0) is 34.1 Å². The summed E-state index contributed by atoms with van der Waals surface area (Å²) in [5, 5.41) is 13.4. The van der Waals surface area contributed by atoms with Crippen LogP contribution in [0.2, 0.25) is 0 Å². The lowest BCUT2D eigenvalue weighted by molar-refractivity contribution is -0.145. The fraction of sp³-hybridized carbons (Fsp3) is 0.733. The molecule has 0 saturated carbocycles. The van der Waals surface area contributed by atoms with E-state index in [2.05, 4.69) is 5.32 Å². The average molecular weight is 350 g/mol. The minimum absolute atomic E-state index is 0.0813. The van der Waals surface area contributed by atoms with Gasteiger partial charge < -0.3 is 19.9 Å². The summed E-state index contributed by atoms with van der Waals surface area (Å²) in [4.78, 5) is 23.7. The SMILES string of the molecule is CCOC(=O)[C@@H](CCC(O)=C[S+](C)(C)=O)NC(=O)OC(C)(C)C. The summed E-state index contributed by atoms with van der Waals surface area (Å²) >= 11 is 0. The zero-order valence-electron chi connectivity index (χ0n) is 14.7. The first kappa shape index (κ1) is 21.4. The summed E-state index contributed by atoms with van der Waals surface area (Å²) in [6.45, 7) is 6.95. The number of esters is 1. The first-order valence-electron chi connectivity index (χ1n) is 7.34. The molecule has 0 aromatic heterocycles. The molecule has 0 aromatic carbocycles. The van der Waals surface area contributed by atoms with Crippen LogP contribution in [0, 0.1) is 0 Å². The van der Waals surface area contributed by atoms with Crippen molar-refractivity contribution in [3.05, 3.63) is 11.2 Å². The van der Waals surface area contributed by atoms with Crippen molar-refractivity contribution in [1.29, 1.82) is 0 Å². The van der Waals surface area contributed by atoms with E-state index < -0.39 is 33.6 Å².